The van der Waals surface area contributed by atoms with Gasteiger partial charge in [-0.05, 0) is 29.7 Å². The Bertz CT molecular complexity index is 848. The van der Waals surface area contributed by atoms with Gasteiger partial charge in [-0.3, -0.25) is 0 Å². The Labute approximate surface area is 159 Å². The molecule has 2 N–H and O–H groups in total. The SMILES string of the molecule is O=C(NCCC=Cc1ccc(C(F)(F)F)cc1C(=O)O)OCc1ccccc1. The Balaban J connectivity index is 1.84. The predicted octanol–water partition coefficient (Wildman–Crippen LogP) is 4.73. The fraction of sp³-hybridized carbons (Fsp3) is 0.200. The van der Waals surface area contributed by atoms with Gasteiger partial charge in [0.1, 0.15) is 6.61 Å². The number of carbonyl (C=O) groups excluding carboxylic acids is 1. The molecule has 2 aromatic carbocycles. The average molecular weight is 393 g/mol. The molecule has 0 aliphatic rings. The lowest BCUT2D eigenvalue weighted by atomic mass is 10.0. The van der Waals surface area contributed by atoms with Gasteiger partial charge < -0.3 is 15.2 Å². The van der Waals surface area contributed by atoms with Crippen LogP contribution in [0, 0.1) is 0 Å². The van der Waals surface area contributed by atoms with Gasteiger partial charge in [-0.2, -0.15) is 13.2 Å². The van der Waals surface area contributed by atoms with E-state index in [-0.39, 0.29) is 18.7 Å². The van der Waals surface area contributed by atoms with Crippen molar-refractivity contribution in [2.45, 2.75) is 19.2 Å². The van der Waals surface area contributed by atoms with Crippen molar-refractivity contribution in [3.63, 3.8) is 0 Å². The maximum atomic E-state index is 12.7. The van der Waals surface area contributed by atoms with Crippen LogP contribution in [0.5, 0.6) is 0 Å². The monoisotopic (exact) mass is 393 g/mol. The standard InChI is InChI=1S/C20H18F3NO4/c21-20(22,23)16-10-9-15(17(12-16)18(25)26)8-4-5-11-24-19(27)28-13-14-6-2-1-3-7-14/h1-4,6-10,12H,5,11,13H2,(H,24,27)(H,25,26). The van der Waals surface area contributed by atoms with E-state index < -0.39 is 29.4 Å². The summed E-state index contributed by atoms with van der Waals surface area (Å²) in [6.07, 6.45) is -1.90. The molecule has 0 saturated heterocycles. The topological polar surface area (TPSA) is 75.6 Å². The lowest BCUT2D eigenvalue weighted by Crippen LogP contribution is -2.24. The molecule has 0 bridgehead atoms. The highest BCUT2D eigenvalue weighted by atomic mass is 19.4. The third kappa shape index (κ3) is 6.46. The molecule has 2 rings (SSSR count). The lowest BCUT2D eigenvalue weighted by Gasteiger charge is -2.09. The molecule has 0 saturated carbocycles. The number of nitrogens with one attached hydrogen (secondary N) is 1. The zero-order chi connectivity index (χ0) is 20.6. The summed E-state index contributed by atoms with van der Waals surface area (Å²) in [6, 6.07) is 11.7. The van der Waals surface area contributed by atoms with E-state index in [4.69, 9.17) is 9.84 Å². The first kappa shape index (κ1) is 21.0. The van der Waals surface area contributed by atoms with Crippen LogP contribution < -0.4 is 5.32 Å². The number of carboxylic acid groups (broad SMARTS) is 1. The average Bonchev–Trinajstić information content (AvgIpc) is 2.66. The van der Waals surface area contributed by atoms with Crippen molar-refractivity contribution in [2.75, 3.05) is 6.54 Å². The lowest BCUT2D eigenvalue weighted by molar-refractivity contribution is -0.137. The van der Waals surface area contributed by atoms with E-state index in [1.807, 2.05) is 30.3 Å². The highest BCUT2D eigenvalue weighted by molar-refractivity contribution is 5.92. The summed E-state index contributed by atoms with van der Waals surface area (Å²) >= 11 is 0. The molecule has 0 fully saturated rings. The second-order valence-electron chi connectivity index (χ2n) is 5.78. The number of carboxylic acids is 1. The molecular weight excluding hydrogens is 375 g/mol. The number of amides is 1. The van der Waals surface area contributed by atoms with Crippen molar-refractivity contribution in [1.82, 2.24) is 5.32 Å². The van der Waals surface area contributed by atoms with Gasteiger partial charge in [0.05, 0.1) is 11.1 Å². The van der Waals surface area contributed by atoms with E-state index in [1.165, 1.54) is 6.08 Å². The number of benzene rings is 2. The summed E-state index contributed by atoms with van der Waals surface area (Å²) in [5.41, 5.74) is -0.473. The summed E-state index contributed by atoms with van der Waals surface area (Å²) in [5, 5.41) is 11.6. The van der Waals surface area contributed by atoms with Gasteiger partial charge in [0.25, 0.3) is 0 Å². The first-order valence-corrected chi connectivity index (χ1v) is 8.33. The van der Waals surface area contributed by atoms with E-state index in [2.05, 4.69) is 5.32 Å². The number of alkyl halides is 3. The zero-order valence-corrected chi connectivity index (χ0v) is 14.7. The fourth-order valence-corrected chi connectivity index (χ4v) is 2.31. The zero-order valence-electron chi connectivity index (χ0n) is 14.7. The third-order valence-corrected chi connectivity index (χ3v) is 3.70. The van der Waals surface area contributed by atoms with Crippen LogP contribution in [0.3, 0.4) is 0 Å². The van der Waals surface area contributed by atoms with Crippen LogP contribution in [-0.2, 0) is 17.5 Å². The van der Waals surface area contributed by atoms with Gasteiger partial charge in [0.15, 0.2) is 0 Å². The number of hydrogen-bond acceptors (Lipinski definition) is 3. The molecule has 0 aliphatic heterocycles. The normalized spacial score (nSPS) is 11.4. The fourth-order valence-electron chi connectivity index (χ4n) is 2.31. The van der Waals surface area contributed by atoms with Gasteiger partial charge in [0.2, 0.25) is 0 Å². The highest BCUT2D eigenvalue weighted by Gasteiger charge is 2.31. The predicted molar refractivity (Wildman–Crippen MR) is 96.7 cm³/mol. The van der Waals surface area contributed by atoms with E-state index in [1.54, 1.807) is 6.08 Å². The molecule has 0 aliphatic carbocycles. The number of hydrogen-bond donors (Lipinski definition) is 2. The molecule has 28 heavy (non-hydrogen) atoms. The number of alkyl carbamates (subject to hydrolysis) is 1. The number of halogens is 3. The molecule has 0 heterocycles. The van der Waals surface area contributed by atoms with Crippen molar-refractivity contribution < 1.29 is 32.6 Å². The Hall–Kier alpha value is -3.29. The molecule has 8 heteroatoms. The minimum Gasteiger partial charge on any atom is -0.478 e. The van der Waals surface area contributed by atoms with Crippen molar-refractivity contribution in [3.05, 3.63) is 76.9 Å². The van der Waals surface area contributed by atoms with Crippen molar-refractivity contribution in [2.24, 2.45) is 0 Å². The van der Waals surface area contributed by atoms with E-state index in [0.29, 0.717) is 12.5 Å². The quantitative estimate of drug-likeness (QED) is 0.667. The van der Waals surface area contributed by atoms with Crippen molar-refractivity contribution in [3.8, 4) is 0 Å². The second-order valence-corrected chi connectivity index (χ2v) is 5.78. The summed E-state index contributed by atoms with van der Waals surface area (Å²) < 4.78 is 43.1. The molecule has 0 spiro atoms. The summed E-state index contributed by atoms with van der Waals surface area (Å²) in [6.45, 7) is 0.364. The summed E-state index contributed by atoms with van der Waals surface area (Å²) in [5.74, 6) is -1.45. The Kier molecular flexibility index (Phi) is 7.20. The second kappa shape index (κ2) is 9.59. The van der Waals surface area contributed by atoms with E-state index in [0.717, 1.165) is 17.7 Å². The van der Waals surface area contributed by atoms with Gasteiger partial charge in [-0.25, -0.2) is 9.59 Å². The molecule has 0 aromatic heterocycles. The summed E-state index contributed by atoms with van der Waals surface area (Å²) in [7, 11) is 0. The van der Waals surface area contributed by atoms with Gasteiger partial charge in [0, 0.05) is 6.54 Å². The van der Waals surface area contributed by atoms with Gasteiger partial charge >= 0.3 is 18.2 Å². The first-order valence-electron chi connectivity index (χ1n) is 8.33. The molecular formula is C20H18F3NO4. The van der Waals surface area contributed by atoms with Crippen molar-refractivity contribution in [1.29, 1.82) is 0 Å². The summed E-state index contributed by atoms with van der Waals surface area (Å²) in [4.78, 5) is 22.8. The Morgan fingerprint density at radius 3 is 2.46 bits per heavy atom. The minimum absolute atomic E-state index is 0.135. The Morgan fingerprint density at radius 1 is 1.11 bits per heavy atom. The van der Waals surface area contributed by atoms with E-state index >= 15 is 0 Å². The van der Waals surface area contributed by atoms with Crippen LogP contribution in [0.15, 0.2) is 54.6 Å². The third-order valence-electron chi connectivity index (χ3n) is 3.70. The van der Waals surface area contributed by atoms with Crippen LogP contribution >= 0.6 is 0 Å². The highest BCUT2D eigenvalue weighted by Crippen LogP contribution is 2.30. The molecule has 0 unspecified atom stereocenters. The number of ether oxygens (including phenoxy) is 1. The van der Waals surface area contributed by atoms with Crippen LogP contribution in [0.1, 0.15) is 33.5 Å². The van der Waals surface area contributed by atoms with Gasteiger partial charge in [-0.1, -0.05) is 48.6 Å². The molecule has 148 valence electrons. The van der Waals surface area contributed by atoms with Crippen LogP contribution in [0.2, 0.25) is 0 Å². The van der Waals surface area contributed by atoms with E-state index in [9.17, 15) is 22.8 Å². The largest absolute Gasteiger partial charge is 0.478 e. The Morgan fingerprint density at radius 2 is 1.82 bits per heavy atom. The van der Waals surface area contributed by atoms with Crippen LogP contribution in [0.4, 0.5) is 18.0 Å². The first-order chi connectivity index (χ1) is 13.3. The van der Waals surface area contributed by atoms with Crippen molar-refractivity contribution >= 4 is 18.1 Å². The smallest absolute Gasteiger partial charge is 0.416 e. The number of aromatic carboxylic acids is 1. The van der Waals surface area contributed by atoms with Crippen LogP contribution in [0.25, 0.3) is 6.08 Å². The maximum absolute atomic E-state index is 12.7. The molecule has 2 aromatic rings. The molecule has 5 nitrogen and oxygen atoms in total. The van der Waals surface area contributed by atoms with Gasteiger partial charge in [-0.15, -0.1) is 0 Å². The number of carbonyl (C=O) groups is 2. The molecule has 0 atom stereocenters. The van der Waals surface area contributed by atoms with Crippen LogP contribution in [-0.4, -0.2) is 23.7 Å². The number of rotatable bonds is 7. The molecule has 0 radical (unpaired) electrons. The molecule has 1 amide bonds. The minimum atomic E-state index is -4.61. The maximum Gasteiger partial charge on any atom is 0.416 e.